The van der Waals surface area contributed by atoms with Gasteiger partial charge >= 0.3 is 12.1 Å². The first-order chi connectivity index (χ1) is 15.8. The number of thiophene rings is 1. The first-order valence-electron chi connectivity index (χ1n) is 11.3. The molecule has 0 radical (unpaired) electrons. The van der Waals surface area contributed by atoms with Gasteiger partial charge in [-0.25, -0.2) is 4.79 Å². The topological polar surface area (TPSA) is 68.2 Å². The third kappa shape index (κ3) is 5.68. The van der Waals surface area contributed by atoms with Crippen molar-refractivity contribution in [3.63, 3.8) is 0 Å². The summed E-state index contributed by atoms with van der Waals surface area (Å²) in [6.07, 6.45) is 1.89. The lowest BCUT2D eigenvalue weighted by Gasteiger charge is -2.13. The molecule has 2 aromatic heterocycles. The second-order valence-electron chi connectivity index (χ2n) is 8.32. The first-order valence-corrected chi connectivity index (χ1v) is 12.5. The Labute approximate surface area is 199 Å². The van der Waals surface area contributed by atoms with Crippen molar-refractivity contribution >= 4 is 39.6 Å². The van der Waals surface area contributed by atoms with E-state index in [2.05, 4.69) is 15.7 Å². The Balaban J connectivity index is 1.34. The van der Waals surface area contributed by atoms with Crippen LogP contribution in [0.5, 0.6) is 0 Å². The van der Waals surface area contributed by atoms with Crippen molar-refractivity contribution in [1.82, 2.24) is 15.1 Å². The second-order valence-corrected chi connectivity index (χ2v) is 9.83. The fourth-order valence-corrected chi connectivity index (χ4v) is 5.66. The SMILES string of the molecule is CCOC(=O)c1c(NC(=S)NCCCn2nc(C(F)(F)F)cc2C2CC2)sc2c1CCCC2. The van der Waals surface area contributed by atoms with Gasteiger partial charge in [-0.3, -0.25) is 4.68 Å². The molecule has 4 rings (SSSR count). The molecule has 33 heavy (non-hydrogen) atoms. The van der Waals surface area contributed by atoms with E-state index in [-0.39, 0.29) is 11.9 Å². The van der Waals surface area contributed by atoms with Gasteiger partial charge in [0.05, 0.1) is 12.2 Å². The monoisotopic (exact) mass is 500 g/mol. The van der Waals surface area contributed by atoms with Crippen LogP contribution in [0.3, 0.4) is 0 Å². The molecule has 0 atom stereocenters. The number of carbonyl (C=O) groups excluding carboxylic acids is 1. The molecule has 0 amide bonds. The largest absolute Gasteiger partial charge is 0.462 e. The van der Waals surface area contributed by atoms with E-state index in [1.807, 2.05) is 0 Å². The zero-order chi connectivity index (χ0) is 23.6. The van der Waals surface area contributed by atoms with Crippen LogP contribution in [0.1, 0.15) is 77.1 Å². The quantitative estimate of drug-likeness (QED) is 0.292. The molecule has 1 fully saturated rings. The number of anilines is 1. The molecule has 2 aromatic rings. The number of ether oxygens (including phenoxy) is 1. The van der Waals surface area contributed by atoms with Crippen molar-refractivity contribution < 1.29 is 22.7 Å². The molecule has 180 valence electrons. The molecule has 1 saturated carbocycles. The van der Waals surface area contributed by atoms with E-state index in [4.69, 9.17) is 17.0 Å². The molecule has 2 aliphatic carbocycles. The summed E-state index contributed by atoms with van der Waals surface area (Å²) in [6, 6.07) is 1.17. The molecule has 0 unspecified atom stereocenters. The smallest absolute Gasteiger partial charge is 0.435 e. The molecule has 2 N–H and O–H groups in total. The maximum atomic E-state index is 13.0. The summed E-state index contributed by atoms with van der Waals surface area (Å²) in [7, 11) is 0. The molecule has 11 heteroatoms. The van der Waals surface area contributed by atoms with E-state index < -0.39 is 11.9 Å². The van der Waals surface area contributed by atoms with Crippen LogP contribution in [-0.2, 0) is 30.3 Å². The minimum Gasteiger partial charge on any atom is -0.462 e. The van der Waals surface area contributed by atoms with Crippen LogP contribution in [0.15, 0.2) is 6.07 Å². The van der Waals surface area contributed by atoms with Crippen LogP contribution in [0.2, 0.25) is 0 Å². The van der Waals surface area contributed by atoms with Crippen molar-refractivity contribution in [3.8, 4) is 0 Å². The first kappa shape index (κ1) is 24.0. The van der Waals surface area contributed by atoms with Crippen LogP contribution in [0, 0.1) is 0 Å². The second kappa shape index (κ2) is 10.0. The number of hydrogen-bond acceptors (Lipinski definition) is 5. The molecule has 0 aliphatic heterocycles. The van der Waals surface area contributed by atoms with E-state index in [0.29, 0.717) is 47.5 Å². The van der Waals surface area contributed by atoms with Gasteiger partial charge in [0.25, 0.3) is 0 Å². The number of thiocarbonyl (C=S) groups is 1. The van der Waals surface area contributed by atoms with Crippen molar-refractivity contribution in [3.05, 3.63) is 33.5 Å². The Kier molecular flexibility index (Phi) is 7.28. The van der Waals surface area contributed by atoms with Crippen molar-refractivity contribution in [2.24, 2.45) is 0 Å². The number of nitrogens with zero attached hydrogens (tertiary/aromatic N) is 2. The molecular weight excluding hydrogens is 473 g/mol. The van der Waals surface area contributed by atoms with Crippen LogP contribution >= 0.6 is 23.6 Å². The normalized spacial score (nSPS) is 15.8. The van der Waals surface area contributed by atoms with Gasteiger partial charge in [0.2, 0.25) is 0 Å². The van der Waals surface area contributed by atoms with Gasteiger partial charge in [-0.1, -0.05) is 0 Å². The zero-order valence-electron chi connectivity index (χ0n) is 18.4. The Bertz CT molecular complexity index is 1030. The van der Waals surface area contributed by atoms with Crippen molar-refractivity contribution in [2.75, 3.05) is 18.5 Å². The predicted molar refractivity (Wildman–Crippen MR) is 125 cm³/mol. The highest BCUT2D eigenvalue weighted by atomic mass is 32.1. The number of carbonyl (C=O) groups is 1. The highest BCUT2D eigenvalue weighted by Crippen LogP contribution is 2.42. The van der Waals surface area contributed by atoms with Gasteiger partial charge < -0.3 is 15.4 Å². The van der Waals surface area contributed by atoms with E-state index >= 15 is 0 Å². The summed E-state index contributed by atoms with van der Waals surface area (Å²) in [5, 5.41) is 11.1. The number of esters is 1. The van der Waals surface area contributed by atoms with Gasteiger partial charge in [0.15, 0.2) is 10.8 Å². The van der Waals surface area contributed by atoms with Crippen LogP contribution in [-0.4, -0.2) is 34.0 Å². The molecular formula is C22H27F3N4O2S2. The van der Waals surface area contributed by atoms with Crippen molar-refractivity contribution in [1.29, 1.82) is 0 Å². The molecule has 0 saturated heterocycles. The molecule has 2 aliphatic rings. The summed E-state index contributed by atoms with van der Waals surface area (Å²) in [6.45, 7) is 2.93. The third-order valence-electron chi connectivity index (χ3n) is 5.81. The van der Waals surface area contributed by atoms with E-state index in [1.165, 1.54) is 27.0 Å². The Morgan fingerprint density at radius 2 is 2.09 bits per heavy atom. The average Bonchev–Trinajstić information content (AvgIpc) is 3.39. The fraction of sp³-hybridized carbons (Fsp3) is 0.591. The lowest BCUT2D eigenvalue weighted by atomic mass is 9.95. The Hall–Kier alpha value is -2.14. The number of nitrogens with one attached hydrogen (secondary N) is 2. The van der Waals surface area contributed by atoms with E-state index in [1.54, 1.807) is 6.92 Å². The molecule has 0 spiro atoms. The van der Waals surface area contributed by atoms with Crippen LogP contribution in [0.25, 0.3) is 0 Å². The minimum absolute atomic E-state index is 0.176. The Morgan fingerprint density at radius 1 is 1.33 bits per heavy atom. The number of fused-ring (bicyclic) bond motifs is 1. The number of aryl methyl sites for hydroxylation is 2. The summed E-state index contributed by atoms with van der Waals surface area (Å²) < 4.78 is 45.9. The van der Waals surface area contributed by atoms with Gasteiger partial charge in [-0.05, 0) is 75.7 Å². The zero-order valence-corrected chi connectivity index (χ0v) is 20.0. The molecule has 6 nitrogen and oxygen atoms in total. The fourth-order valence-electron chi connectivity index (χ4n) is 4.11. The van der Waals surface area contributed by atoms with E-state index in [0.717, 1.165) is 44.1 Å². The van der Waals surface area contributed by atoms with Crippen molar-refractivity contribution in [2.45, 2.75) is 70.5 Å². The highest BCUT2D eigenvalue weighted by molar-refractivity contribution is 7.80. The lowest BCUT2D eigenvalue weighted by molar-refractivity contribution is -0.141. The average molecular weight is 501 g/mol. The number of alkyl halides is 3. The summed E-state index contributed by atoms with van der Waals surface area (Å²) >= 11 is 6.95. The third-order valence-corrected chi connectivity index (χ3v) is 7.26. The van der Waals surface area contributed by atoms with Gasteiger partial charge in [-0.2, -0.15) is 18.3 Å². The number of aromatic nitrogens is 2. The standard InChI is InChI=1S/C22H27F3N4O2S2/c1-2-31-20(30)18-14-6-3-4-7-16(14)33-19(18)27-21(32)26-10-5-11-29-15(13-8-9-13)12-17(28-29)22(23,24)25/h12-13H,2-11H2,1H3,(H2,26,27,32). The summed E-state index contributed by atoms with van der Waals surface area (Å²) in [4.78, 5) is 13.7. The Morgan fingerprint density at radius 3 is 2.79 bits per heavy atom. The maximum Gasteiger partial charge on any atom is 0.435 e. The number of hydrogen-bond donors (Lipinski definition) is 2. The molecule has 2 heterocycles. The van der Waals surface area contributed by atoms with Crippen LogP contribution in [0.4, 0.5) is 18.2 Å². The molecule has 0 bridgehead atoms. The number of rotatable bonds is 8. The van der Waals surface area contributed by atoms with Gasteiger partial charge in [0.1, 0.15) is 5.00 Å². The minimum atomic E-state index is -4.44. The predicted octanol–water partition coefficient (Wildman–Crippen LogP) is 5.27. The summed E-state index contributed by atoms with van der Waals surface area (Å²) in [5.74, 6) is -0.163. The lowest BCUT2D eigenvalue weighted by Crippen LogP contribution is -2.30. The van der Waals surface area contributed by atoms with Gasteiger partial charge in [-0.15, -0.1) is 11.3 Å². The highest BCUT2D eigenvalue weighted by Gasteiger charge is 2.37. The van der Waals surface area contributed by atoms with Gasteiger partial charge in [0, 0.05) is 29.6 Å². The summed E-state index contributed by atoms with van der Waals surface area (Å²) in [5.41, 5.74) is 1.46. The van der Waals surface area contributed by atoms with Crippen LogP contribution < -0.4 is 10.6 Å². The molecule has 0 aromatic carbocycles. The van der Waals surface area contributed by atoms with E-state index in [9.17, 15) is 18.0 Å². The maximum absolute atomic E-state index is 13.0. The number of halogens is 3.